The van der Waals surface area contributed by atoms with E-state index < -0.39 is 10.0 Å². The van der Waals surface area contributed by atoms with Gasteiger partial charge in [0, 0.05) is 11.7 Å². The molecule has 7 heteroatoms. The normalized spacial score (nSPS) is 16.9. The number of fused-ring (bicyclic) bond motifs is 1. The van der Waals surface area contributed by atoms with Crippen molar-refractivity contribution < 1.29 is 8.42 Å². The fraction of sp³-hybridized carbons (Fsp3) is 0.188. The molecule has 0 bridgehead atoms. The average molecular weight is 347 g/mol. The molecule has 2 aromatic rings. The molecule has 0 saturated carbocycles. The van der Waals surface area contributed by atoms with Crippen LogP contribution in [0.1, 0.15) is 12.5 Å². The van der Waals surface area contributed by atoms with Gasteiger partial charge in [0.15, 0.2) is 5.11 Å². The third-order valence-electron chi connectivity index (χ3n) is 3.82. The summed E-state index contributed by atoms with van der Waals surface area (Å²) < 4.78 is 27.5. The molecular formula is C16H17N3O2S2. The van der Waals surface area contributed by atoms with Crippen molar-refractivity contribution in [2.24, 2.45) is 5.73 Å². The Hall–Kier alpha value is -2.12. The third kappa shape index (κ3) is 2.89. The van der Waals surface area contributed by atoms with Gasteiger partial charge in [0.2, 0.25) is 0 Å². The van der Waals surface area contributed by atoms with Gasteiger partial charge >= 0.3 is 0 Å². The summed E-state index contributed by atoms with van der Waals surface area (Å²) in [6.45, 7) is 1.92. The summed E-state index contributed by atoms with van der Waals surface area (Å²) in [6, 6.07) is 13.9. The molecule has 0 fully saturated rings. The number of nitrogens with two attached hydrogens (primary N) is 1. The summed E-state index contributed by atoms with van der Waals surface area (Å²) in [4.78, 5) is 0.245. The number of thiocarbonyl (C=S) groups is 1. The second-order valence-corrected chi connectivity index (χ2v) is 7.75. The average Bonchev–Trinajstić information content (AvgIpc) is 2.83. The van der Waals surface area contributed by atoms with E-state index in [-0.39, 0.29) is 16.0 Å². The molecule has 5 nitrogen and oxygen atoms in total. The number of nitrogens with one attached hydrogen (secondary N) is 1. The minimum atomic E-state index is -3.61. The van der Waals surface area contributed by atoms with Crippen LogP contribution in [0.3, 0.4) is 0 Å². The number of hydrogen-bond acceptors (Lipinski definition) is 3. The molecule has 0 amide bonds. The van der Waals surface area contributed by atoms with E-state index in [1.807, 2.05) is 31.2 Å². The van der Waals surface area contributed by atoms with Crippen LogP contribution in [0.2, 0.25) is 0 Å². The number of hydrogen-bond donors (Lipinski definition) is 2. The fourth-order valence-electron chi connectivity index (χ4n) is 2.87. The Kier molecular flexibility index (Phi) is 3.99. The highest BCUT2D eigenvalue weighted by atomic mass is 32.2. The first-order valence-corrected chi connectivity index (χ1v) is 9.03. The van der Waals surface area contributed by atoms with Crippen LogP contribution in [0.25, 0.3) is 0 Å². The van der Waals surface area contributed by atoms with Crippen molar-refractivity contribution in [1.82, 2.24) is 0 Å². The van der Waals surface area contributed by atoms with E-state index in [9.17, 15) is 8.42 Å². The lowest BCUT2D eigenvalue weighted by atomic mass is 10.1. The summed E-state index contributed by atoms with van der Waals surface area (Å²) in [5.41, 5.74) is 7.88. The molecule has 23 heavy (non-hydrogen) atoms. The standard InChI is InChI=1S/C16H17N3O2S2/c1-11-10-12-4-2-3-5-15(12)19(11)23(20,21)14-8-6-13(7-9-14)18-16(17)22/h2-9,11H,10H2,1H3,(H3,17,18,22). The maximum Gasteiger partial charge on any atom is 0.264 e. The van der Waals surface area contributed by atoms with E-state index in [1.165, 1.54) is 4.31 Å². The number of anilines is 2. The highest BCUT2D eigenvalue weighted by molar-refractivity contribution is 7.92. The van der Waals surface area contributed by atoms with Gasteiger partial charge < -0.3 is 11.1 Å². The lowest BCUT2D eigenvalue weighted by molar-refractivity contribution is 0.584. The monoisotopic (exact) mass is 347 g/mol. The molecule has 120 valence electrons. The molecule has 3 N–H and O–H groups in total. The van der Waals surface area contributed by atoms with Crippen LogP contribution in [0.15, 0.2) is 53.4 Å². The van der Waals surface area contributed by atoms with Crippen molar-refractivity contribution in [1.29, 1.82) is 0 Å². The molecule has 1 unspecified atom stereocenters. The first kappa shape index (κ1) is 15.8. The van der Waals surface area contributed by atoms with Gasteiger partial charge in [-0.2, -0.15) is 0 Å². The highest BCUT2D eigenvalue weighted by Crippen LogP contribution is 2.36. The van der Waals surface area contributed by atoms with Crippen LogP contribution in [0.5, 0.6) is 0 Å². The maximum absolute atomic E-state index is 13.0. The maximum atomic E-state index is 13.0. The summed E-state index contributed by atoms with van der Waals surface area (Å²) in [6.07, 6.45) is 0.719. The van der Waals surface area contributed by atoms with Crippen molar-refractivity contribution in [3.63, 3.8) is 0 Å². The summed E-state index contributed by atoms with van der Waals surface area (Å²) in [5.74, 6) is 0. The molecule has 1 atom stereocenters. The SMILES string of the molecule is CC1Cc2ccccc2N1S(=O)(=O)c1ccc(NC(N)=S)cc1. The van der Waals surface area contributed by atoms with Gasteiger partial charge in [-0.1, -0.05) is 18.2 Å². The van der Waals surface area contributed by atoms with Crippen molar-refractivity contribution >= 4 is 38.7 Å². The van der Waals surface area contributed by atoms with E-state index in [4.69, 9.17) is 18.0 Å². The summed E-state index contributed by atoms with van der Waals surface area (Å²) in [5, 5.41) is 2.92. The molecule has 0 aromatic heterocycles. The molecule has 1 heterocycles. The molecule has 1 aliphatic heterocycles. The molecular weight excluding hydrogens is 330 g/mol. The second-order valence-electron chi connectivity index (χ2n) is 5.50. The van der Waals surface area contributed by atoms with Gasteiger partial charge in [0.1, 0.15) is 0 Å². The second kappa shape index (κ2) is 5.82. The van der Waals surface area contributed by atoms with Gasteiger partial charge in [-0.25, -0.2) is 8.42 Å². The summed E-state index contributed by atoms with van der Waals surface area (Å²) >= 11 is 4.77. The Bertz CT molecular complexity index is 848. The van der Waals surface area contributed by atoms with Crippen LogP contribution < -0.4 is 15.4 Å². The zero-order chi connectivity index (χ0) is 16.6. The highest BCUT2D eigenvalue weighted by Gasteiger charge is 2.35. The number of para-hydroxylation sites is 1. The van der Waals surface area contributed by atoms with Crippen molar-refractivity contribution in [2.45, 2.75) is 24.3 Å². The fourth-order valence-corrected chi connectivity index (χ4v) is 4.68. The quantitative estimate of drug-likeness (QED) is 0.834. The lowest BCUT2D eigenvalue weighted by Gasteiger charge is -2.24. The molecule has 0 aliphatic carbocycles. The number of rotatable bonds is 3. The van der Waals surface area contributed by atoms with Crippen LogP contribution in [0.4, 0.5) is 11.4 Å². The molecule has 0 saturated heterocycles. The Morgan fingerprint density at radius 2 is 1.87 bits per heavy atom. The van der Waals surface area contributed by atoms with E-state index in [0.29, 0.717) is 5.69 Å². The molecule has 3 rings (SSSR count). The smallest absolute Gasteiger partial charge is 0.264 e. The lowest BCUT2D eigenvalue weighted by Crippen LogP contribution is -2.35. The zero-order valence-electron chi connectivity index (χ0n) is 12.6. The molecule has 0 radical (unpaired) electrons. The number of nitrogens with zero attached hydrogens (tertiary/aromatic N) is 1. The van der Waals surface area contributed by atoms with Gasteiger partial charge in [-0.3, -0.25) is 4.31 Å². The van der Waals surface area contributed by atoms with Crippen LogP contribution in [-0.2, 0) is 16.4 Å². The minimum Gasteiger partial charge on any atom is -0.376 e. The first-order chi connectivity index (χ1) is 10.9. The van der Waals surface area contributed by atoms with Crippen molar-refractivity contribution in [2.75, 3.05) is 9.62 Å². The van der Waals surface area contributed by atoms with Crippen molar-refractivity contribution in [3.8, 4) is 0 Å². The number of sulfonamides is 1. The Morgan fingerprint density at radius 3 is 2.52 bits per heavy atom. The Labute approximate surface area is 141 Å². The summed E-state index contributed by atoms with van der Waals surface area (Å²) in [7, 11) is -3.61. The largest absolute Gasteiger partial charge is 0.376 e. The van der Waals surface area contributed by atoms with Gasteiger partial charge in [0.25, 0.3) is 10.0 Å². The van der Waals surface area contributed by atoms with Gasteiger partial charge in [0.05, 0.1) is 10.6 Å². The minimum absolute atomic E-state index is 0.105. The van der Waals surface area contributed by atoms with Crippen LogP contribution in [-0.4, -0.2) is 19.6 Å². The zero-order valence-corrected chi connectivity index (χ0v) is 14.2. The van der Waals surface area contributed by atoms with Crippen LogP contribution >= 0.6 is 12.2 Å². The topological polar surface area (TPSA) is 75.4 Å². The third-order valence-corrected chi connectivity index (χ3v) is 5.87. The van der Waals surface area contributed by atoms with E-state index in [2.05, 4.69) is 5.32 Å². The molecule has 2 aromatic carbocycles. The molecule has 1 aliphatic rings. The molecule has 0 spiro atoms. The van der Waals surface area contributed by atoms with Crippen LogP contribution in [0, 0.1) is 0 Å². The predicted molar refractivity (Wildman–Crippen MR) is 96.1 cm³/mol. The Morgan fingerprint density at radius 1 is 1.22 bits per heavy atom. The Balaban J connectivity index is 1.97. The van der Waals surface area contributed by atoms with Crippen molar-refractivity contribution in [3.05, 3.63) is 54.1 Å². The van der Waals surface area contributed by atoms with E-state index in [1.54, 1.807) is 24.3 Å². The van der Waals surface area contributed by atoms with Gasteiger partial charge in [-0.15, -0.1) is 0 Å². The predicted octanol–water partition coefficient (Wildman–Crippen LogP) is 2.48. The number of benzene rings is 2. The van der Waals surface area contributed by atoms with E-state index in [0.717, 1.165) is 17.7 Å². The van der Waals surface area contributed by atoms with Gasteiger partial charge in [-0.05, 0) is 61.5 Å². The first-order valence-electron chi connectivity index (χ1n) is 7.18. The van der Waals surface area contributed by atoms with E-state index >= 15 is 0 Å².